The SMILES string of the molecule is O=[N+]([O-])c1cc(C(F)(F)F)cc(Cl)c1-n1cc(-c2cc[nH]c2)cn1. The standard InChI is InChI=1S/C14H8ClF3N4O2/c15-11-3-10(14(16,17)18)4-12(22(23)24)13(11)21-7-9(6-20-21)8-1-2-19-5-8/h1-7,19H. The lowest BCUT2D eigenvalue weighted by Crippen LogP contribution is -2.09. The highest BCUT2D eigenvalue weighted by molar-refractivity contribution is 6.33. The molecule has 0 radical (unpaired) electrons. The summed E-state index contributed by atoms with van der Waals surface area (Å²) in [7, 11) is 0. The predicted octanol–water partition coefficient (Wildman–Crippen LogP) is 4.45. The van der Waals surface area contributed by atoms with Crippen LogP contribution in [0.2, 0.25) is 5.02 Å². The Balaban J connectivity index is 2.16. The molecule has 0 amide bonds. The van der Waals surface area contributed by atoms with Crippen molar-refractivity contribution in [3.63, 3.8) is 0 Å². The minimum absolute atomic E-state index is 0.226. The molecule has 0 saturated heterocycles. The van der Waals surface area contributed by atoms with Crippen molar-refractivity contribution >= 4 is 17.3 Å². The molecular weight excluding hydrogens is 349 g/mol. The van der Waals surface area contributed by atoms with Crippen LogP contribution in [-0.4, -0.2) is 19.7 Å². The van der Waals surface area contributed by atoms with E-state index >= 15 is 0 Å². The number of nitrogens with one attached hydrogen (secondary N) is 1. The number of halogens is 4. The highest BCUT2D eigenvalue weighted by atomic mass is 35.5. The zero-order valence-corrected chi connectivity index (χ0v) is 12.5. The summed E-state index contributed by atoms with van der Waals surface area (Å²) in [5, 5.41) is 14.7. The molecule has 6 nitrogen and oxygen atoms in total. The Hall–Kier alpha value is -2.81. The van der Waals surface area contributed by atoms with Crippen molar-refractivity contribution < 1.29 is 18.1 Å². The van der Waals surface area contributed by atoms with Gasteiger partial charge in [0.15, 0.2) is 5.69 Å². The minimum atomic E-state index is -4.74. The number of hydrogen-bond acceptors (Lipinski definition) is 3. The van der Waals surface area contributed by atoms with Crippen molar-refractivity contribution in [1.82, 2.24) is 14.8 Å². The number of nitrogens with zero attached hydrogens (tertiary/aromatic N) is 3. The highest BCUT2D eigenvalue weighted by Crippen LogP contribution is 2.38. The van der Waals surface area contributed by atoms with E-state index in [4.69, 9.17) is 11.6 Å². The monoisotopic (exact) mass is 356 g/mol. The predicted molar refractivity (Wildman–Crippen MR) is 80.0 cm³/mol. The van der Waals surface area contributed by atoms with Crippen molar-refractivity contribution in [3.8, 4) is 16.8 Å². The van der Waals surface area contributed by atoms with Crippen molar-refractivity contribution in [2.75, 3.05) is 0 Å². The molecule has 0 unspecified atom stereocenters. The number of aromatic amines is 1. The zero-order chi connectivity index (χ0) is 17.5. The van der Waals surface area contributed by atoms with Crippen LogP contribution < -0.4 is 0 Å². The van der Waals surface area contributed by atoms with Gasteiger partial charge in [-0.15, -0.1) is 0 Å². The first-order valence-electron chi connectivity index (χ1n) is 6.50. The van der Waals surface area contributed by atoms with Crippen LogP contribution in [0.5, 0.6) is 0 Å². The van der Waals surface area contributed by atoms with Gasteiger partial charge in [0.1, 0.15) is 0 Å². The average Bonchev–Trinajstić information content (AvgIpc) is 3.16. The molecule has 24 heavy (non-hydrogen) atoms. The van der Waals surface area contributed by atoms with E-state index in [0.717, 1.165) is 10.2 Å². The molecule has 0 atom stereocenters. The summed E-state index contributed by atoms with van der Waals surface area (Å²) in [5.74, 6) is 0. The maximum absolute atomic E-state index is 12.8. The zero-order valence-electron chi connectivity index (χ0n) is 11.7. The van der Waals surface area contributed by atoms with Gasteiger partial charge in [0.05, 0.1) is 21.7 Å². The van der Waals surface area contributed by atoms with Crippen molar-refractivity contribution in [1.29, 1.82) is 0 Å². The van der Waals surface area contributed by atoms with Crippen LogP contribution >= 0.6 is 11.6 Å². The van der Waals surface area contributed by atoms with Crippen LogP contribution in [-0.2, 0) is 6.18 Å². The lowest BCUT2D eigenvalue weighted by atomic mass is 10.1. The fraction of sp³-hybridized carbons (Fsp3) is 0.0714. The molecule has 0 fully saturated rings. The van der Waals surface area contributed by atoms with Crippen molar-refractivity contribution in [3.05, 3.63) is 63.7 Å². The lowest BCUT2D eigenvalue weighted by molar-refractivity contribution is -0.384. The largest absolute Gasteiger partial charge is 0.416 e. The summed E-state index contributed by atoms with van der Waals surface area (Å²) in [4.78, 5) is 13.1. The van der Waals surface area contributed by atoms with E-state index < -0.39 is 27.4 Å². The fourth-order valence-electron chi connectivity index (χ4n) is 2.21. The number of rotatable bonds is 3. The molecule has 0 saturated carbocycles. The van der Waals surface area contributed by atoms with Crippen molar-refractivity contribution in [2.45, 2.75) is 6.18 Å². The molecular formula is C14H8ClF3N4O2. The molecule has 1 aromatic carbocycles. The molecule has 124 valence electrons. The Bertz CT molecular complexity index is 903. The van der Waals surface area contributed by atoms with E-state index in [1.807, 2.05) is 0 Å². The van der Waals surface area contributed by atoms with E-state index in [0.29, 0.717) is 17.7 Å². The van der Waals surface area contributed by atoms with Gasteiger partial charge < -0.3 is 4.98 Å². The Morgan fingerprint density at radius 2 is 2.04 bits per heavy atom. The van der Waals surface area contributed by atoms with E-state index in [9.17, 15) is 23.3 Å². The topological polar surface area (TPSA) is 76.8 Å². The number of benzene rings is 1. The molecule has 10 heteroatoms. The molecule has 0 aliphatic carbocycles. The summed E-state index contributed by atoms with van der Waals surface area (Å²) in [6.07, 6.45) is 1.50. The summed E-state index contributed by atoms with van der Waals surface area (Å²) >= 11 is 5.88. The number of hydrogen-bond donors (Lipinski definition) is 1. The second kappa shape index (κ2) is 5.68. The van der Waals surface area contributed by atoms with E-state index in [1.54, 1.807) is 18.5 Å². The van der Waals surface area contributed by atoms with Gasteiger partial charge >= 0.3 is 6.18 Å². The Morgan fingerprint density at radius 3 is 2.62 bits per heavy atom. The lowest BCUT2D eigenvalue weighted by Gasteiger charge is -2.10. The molecule has 3 rings (SSSR count). The van der Waals surface area contributed by atoms with E-state index in [-0.39, 0.29) is 5.69 Å². The Kier molecular flexibility index (Phi) is 3.80. The van der Waals surface area contributed by atoms with Crippen LogP contribution in [0, 0.1) is 10.1 Å². The number of nitro benzene ring substituents is 1. The molecule has 0 spiro atoms. The average molecular weight is 357 g/mol. The number of alkyl halides is 3. The number of aromatic nitrogens is 3. The molecule has 0 aliphatic heterocycles. The summed E-state index contributed by atoms with van der Waals surface area (Å²) in [6.45, 7) is 0. The van der Waals surface area contributed by atoms with Crippen LogP contribution in [0.25, 0.3) is 16.8 Å². The van der Waals surface area contributed by atoms with Gasteiger partial charge in [-0.25, -0.2) is 4.68 Å². The number of H-pyrrole nitrogens is 1. The quantitative estimate of drug-likeness (QED) is 0.556. The Morgan fingerprint density at radius 1 is 1.29 bits per heavy atom. The molecule has 2 heterocycles. The van der Waals surface area contributed by atoms with Gasteiger partial charge in [-0.05, 0) is 12.1 Å². The number of nitro groups is 1. The first-order chi connectivity index (χ1) is 11.3. The second-order valence-corrected chi connectivity index (χ2v) is 5.26. The maximum Gasteiger partial charge on any atom is 0.416 e. The smallest absolute Gasteiger partial charge is 0.367 e. The minimum Gasteiger partial charge on any atom is -0.367 e. The molecule has 3 aromatic rings. The van der Waals surface area contributed by atoms with Crippen LogP contribution in [0.4, 0.5) is 18.9 Å². The van der Waals surface area contributed by atoms with Crippen LogP contribution in [0.15, 0.2) is 43.0 Å². The molecule has 1 N–H and O–H groups in total. The van der Waals surface area contributed by atoms with Gasteiger partial charge in [-0.3, -0.25) is 10.1 Å². The van der Waals surface area contributed by atoms with E-state index in [2.05, 4.69) is 10.1 Å². The van der Waals surface area contributed by atoms with Gasteiger partial charge in [-0.2, -0.15) is 18.3 Å². The second-order valence-electron chi connectivity index (χ2n) is 4.85. The van der Waals surface area contributed by atoms with Crippen molar-refractivity contribution in [2.24, 2.45) is 0 Å². The summed E-state index contributed by atoms with van der Waals surface area (Å²) < 4.78 is 39.6. The third-order valence-corrected chi connectivity index (χ3v) is 3.60. The van der Waals surface area contributed by atoms with E-state index in [1.165, 1.54) is 12.4 Å². The summed E-state index contributed by atoms with van der Waals surface area (Å²) in [5.41, 5.74) is -0.801. The highest BCUT2D eigenvalue weighted by Gasteiger charge is 2.35. The van der Waals surface area contributed by atoms with Crippen LogP contribution in [0.1, 0.15) is 5.56 Å². The molecule has 2 aromatic heterocycles. The van der Waals surface area contributed by atoms with Gasteiger partial charge in [0.2, 0.25) is 0 Å². The third-order valence-electron chi connectivity index (χ3n) is 3.31. The first-order valence-corrected chi connectivity index (χ1v) is 6.88. The molecule has 0 bridgehead atoms. The van der Waals surface area contributed by atoms with Crippen LogP contribution in [0.3, 0.4) is 0 Å². The van der Waals surface area contributed by atoms with Gasteiger partial charge in [0, 0.05) is 35.8 Å². The fourth-order valence-corrected chi connectivity index (χ4v) is 2.51. The first kappa shape index (κ1) is 16.1. The normalized spacial score (nSPS) is 11.7. The van der Waals surface area contributed by atoms with Gasteiger partial charge in [-0.1, -0.05) is 11.6 Å². The summed E-state index contributed by atoms with van der Waals surface area (Å²) in [6, 6.07) is 2.84. The maximum atomic E-state index is 12.8. The third kappa shape index (κ3) is 2.85. The van der Waals surface area contributed by atoms with Gasteiger partial charge in [0.25, 0.3) is 5.69 Å². The molecule has 0 aliphatic rings. The Labute approximate surface area is 137 Å².